The summed E-state index contributed by atoms with van der Waals surface area (Å²) in [6, 6.07) is 5.17. The van der Waals surface area contributed by atoms with Gasteiger partial charge in [0.1, 0.15) is 6.07 Å². The molecule has 0 aliphatic carbocycles. The van der Waals surface area contributed by atoms with E-state index in [1.807, 2.05) is 6.07 Å². The lowest BCUT2D eigenvalue weighted by Crippen LogP contribution is -2.37. The van der Waals surface area contributed by atoms with Gasteiger partial charge in [0.25, 0.3) is 0 Å². The fourth-order valence-electron chi connectivity index (χ4n) is 1.98. The molecule has 3 nitrogen and oxygen atoms in total. The molecule has 0 saturated carbocycles. The first-order valence-electron chi connectivity index (χ1n) is 5.43. The van der Waals surface area contributed by atoms with E-state index in [1.54, 1.807) is 12.1 Å². The number of benzene rings is 1. The third kappa shape index (κ3) is 2.43. The number of nitrogens with one attached hydrogen (secondary N) is 2. The molecular weight excluding hydrogens is 285 g/mol. The highest BCUT2D eigenvalue weighted by molar-refractivity contribution is 9.10. The summed E-state index contributed by atoms with van der Waals surface area (Å²) in [7, 11) is 0. The molecule has 1 saturated heterocycles. The van der Waals surface area contributed by atoms with Gasteiger partial charge in [-0.1, -0.05) is 0 Å². The lowest BCUT2D eigenvalue weighted by Gasteiger charge is -2.26. The molecule has 0 amide bonds. The molecule has 0 aromatic heterocycles. The maximum Gasteiger partial charge on any atom is 0.161 e. The molecular formula is C12H13BrFN3. The van der Waals surface area contributed by atoms with Crippen molar-refractivity contribution in [3.63, 3.8) is 0 Å². The maximum absolute atomic E-state index is 14.0. The van der Waals surface area contributed by atoms with E-state index >= 15 is 0 Å². The van der Waals surface area contributed by atoms with Crippen molar-refractivity contribution >= 4 is 21.6 Å². The van der Waals surface area contributed by atoms with E-state index < -0.39 is 5.82 Å². The van der Waals surface area contributed by atoms with Gasteiger partial charge < -0.3 is 10.6 Å². The van der Waals surface area contributed by atoms with Gasteiger partial charge in [0, 0.05) is 12.1 Å². The largest absolute Gasteiger partial charge is 0.376 e. The van der Waals surface area contributed by atoms with E-state index in [-0.39, 0.29) is 10.0 Å². The van der Waals surface area contributed by atoms with Crippen LogP contribution in [0.2, 0.25) is 0 Å². The SMILES string of the molecule is CC1(Nc2ccc(C#N)c(Br)c2F)CCNC1. The van der Waals surface area contributed by atoms with Gasteiger partial charge in [0.15, 0.2) is 5.82 Å². The third-order valence-electron chi connectivity index (χ3n) is 3.01. The van der Waals surface area contributed by atoms with Gasteiger partial charge in [-0.15, -0.1) is 0 Å². The standard InChI is InChI=1S/C12H13BrFN3/c1-12(4-5-16-7-12)17-9-3-2-8(6-15)10(13)11(9)14/h2-3,16-17H,4-5,7H2,1H3. The second kappa shape index (κ2) is 4.63. The van der Waals surface area contributed by atoms with E-state index in [0.29, 0.717) is 11.3 Å². The Morgan fingerprint density at radius 3 is 2.94 bits per heavy atom. The summed E-state index contributed by atoms with van der Waals surface area (Å²) >= 11 is 3.11. The minimum absolute atomic E-state index is 0.131. The van der Waals surface area contributed by atoms with Crippen LogP contribution in [0.1, 0.15) is 18.9 Å². The molecule has 1 aromatic carbocycles. The van der Waals surface area contributed by atoms with Gasteiger partial charge in [-0.25, -0.2) is 4.39 Å². The molecule has 0 bridgehead atoms. The highest BCUT2D eigenvalue weighted by Crippen LogP contribution is 2.29. The fraction of sp³-hybridized carbons (Fsp3) is 0.417. The molecule has 17 heavy (non-hydrogen) atoms. The van der Waals surface area contributed by atoms with Crippen molar-refractivity contribution in [2.75, 3.05) is 18.4 Å². The highest BCUT2D eigenvalue weighted by atomic mass is 79.9. The normalized spacial score (nSPS) is 23.4. The topological polar surface area (TPSA) is 47.9 Å². The van der Waals surface area contributed by atoms with Crippen molar-refractivity contribution in [1.29, 1.82) is 5.26 Å². The van der Waals surface area contributed by atoms with Crippen LogP contribution in [-0.2, 0) is 0 Å². The maximum atomic E-state index is 14.0. The van der Waals surface area contributed by atoms with Gasteiger partial charge in [-0.05, 0) is 48.0 Å². The first-order chi connectivity index (χ1) is 8.06. The second-order valence-corrected chi connectivity index (χ2v) is 5.31. The first kappa shape index (κ1) is 12.3. The molecule has 1 heterocycles. The average Bonchev–Trinajstić information content (AvgIpc) is 2.72. The first-order valence-corrected chi connectivity index (χ1v) is 6.22. The Hall–Kier alpha value is -1.12. The number of nitriles is 1. The predicted octanol–water partition coefficient (Wildman–Crippen LogP) is 2.62. The number of rotatable bonds is 2. The van der Waals surface area contributed by atoms with Gasteiger partial charge in [0.05, 0.1) is 15.7 Å². The van der Waals surface area contributed by atoms with Crippen LogP contribution in [0.4, 0.5) is 10.1 Å². The van der Waals surface area contributed by atoms with Crippen LogP contribution in [0.25, 0.3) is 0 Å². The number of nitrogens with zero attached hydrogens (tertiary/aromatic N) is 1. The Morgan fingerprint density at radius 1 is 1.59 bits per heavy atom. The quantitative estimate of drug-likeness (QED) is 0.882. The van der Waals surface area contributed by atoms with Crippen LogP contribution in [0.15, 0.2) is 16.6 Å². The zero-order valence-corrected chi connectivity index (χ0v) is 11.1. The molecule has 2 rings (SSSR count). The zero-order chi connectivity index (χ0) is 12.5. The van der Waals surface area contributed by atoms with E-state index in [4.69, 9.17) is 5.26 Å². The molecule has 0 spiro atoms. The number of hydrogen-bond acceptors (Lipinski definition) is 3. The van der Waals surface area contributed by atoms with E-state index in [1.165, 1.54) is 0 Å². The third-order valence-corrected chi connectivity index (χ3v) is 3.78. The lowest BCUT2D eigenvalue weighted by molar-refractivity contribution is 0.553. The van der Waals surface area contributed by atoms with Crippen LogP contribution in [-0.4, -0.2) is 18.6 Å². The summed E-state index contributed by atoms with van der Waals surface area (Å²) in [5, 5.41) is 15.2. The molecule has 1 fully saturated rings. The van der Waals surface area contributed by atoms with Gasteiger partial charge in [0.2, 0.25) is 0 Å². The van der Waals surface area contributed by atoms with Crippen molar-refractivity contribution < 1.29 is 4.39 Å². The Balaban J connectivity index is 2.28. The van der Waals surface area contributed by atoms with E-state index in [9.17, 15) is 4.39 Å². The van der Waals surface area contributed by atoms with Crippen molar-refractivity contribution in [3.8, 4) is 6.07 Å². The number of hydrogen-bond donors (Lipinski definition) is 2. The van der Waals surface area contributed by atoms with Gasteiger partial charge in [-0.2, -0.15) is 5.26 Å². The summed E-state index contributed by atoms with van der Waals surface area (Å²) in [5.74, 6) is -0.405. The van der Waals surface area contributed by atoms with Gasteiger partial charge >= 0.3 is 0 Å². The monoisotopic (exact) mass is 297 g/mol. The second-order valence-electron chi connectivity index (χ2n) is 4.51. The van der Waals surface area contributed by atoms with E-state index in [0.717, 1.165) is 19.5 Å². The fourth-order valence-corrected chi connectivity index (χ4v) is 2.42. The van der Waals surface area contributed by atoms with Crippen molar-refractivity contribution in [3.05, 3.63) is 28.0 Å². The summed E-state index contributed by atoms with van der Waals surface area (Å²) in [6.45, 7) is 3.80. The lowest BCUT2D eigenvalue weighted by atomic mass is 10.0. The molecule has 90 valence electrons. The Bertz CT molecular complexity index is 475. The van der Waals surface area contributed by atoms with E-state index in [2.05, 4.69) is 33.5 Å². The molecule has 1 aromatic rings. The predicted molar refractivity (Wildman–Crippen MR) is 68.3 cm³/mol. The van der Waals surface area contributed by atoms with Crippen molar-refractivity contribution in [2.45, 2.75) is 18.9 Å². The number of anilines is 1. The molecule has 0 radical (unpaired) electrons. The highest BCUT2D eigenvalue weighted by Gasteiger charge is 2.29. The minimum atomic E-state index is -0.405. The van der Waals surface area contributed by atoms with Crippen molar-refractivity contribution in [2.24, 2.45) is 0 Å². The molecule has 1 unspecified atom stereocenters. The van der Waals surface area contributed by atoms with Crippen molar-refractivity contribution in [1.82, 2.24) is 5.32 Å². The zero-order valence-electron chi connectivity index (χ0n) is 9.48. The van der Waals surface area contributed by atoms with Crippen LogP contribution in [0.3, 0.4) is 0 Å². The molecule has 1 atom stereocenters. The van der Waals surface area contributed by atoms with Gasteiger partial charge in [-0.3, -0.25) is 0 Å². The Labute approximate surface area is 108 Å². The summed E-state index contributed by atoms with van der Waals surface area (Å²) in [5.41, 5.74) is 0.610. The van der Waals surface area contributed by atoms with Crippen LogP contribution in [0, 0.1) is 17.1 Å². The average molecular weight is 298 g/mol. The molecule has 5 heteroatoms. The number of halogens is 2. The smallest absolute Gasteiger partial charge is 0.161 e. The van der Waals surface area contributed by atoms with Crippen LogP contribution >= 0.6 is 15.9 Å². The summed E-state index contributed by atoms with van der Waals surface area (Å²) in [4.78, 5) is 0. The summed E-state index contributed by atoms with van der Waals surface area (Å²) in [6.07, 6.45) is 0.948. The van der Waals surface area contributed by atoms with Crippen LogP contribution < -0.4 is 10.6 Å². The minimum Gasteiger partial charge on any atom is -0.376 e. The summed E-state index contributed by atoms with van der Waals surface area (Å²) < 4.78 is 14.2. The molecule has 1 aliphatic heterocycles. The Kier molecular flexibility index (Phi) is 3.36. The Morgan fingerprint density at radius 2 is 2.35 bits per heavy atom. The molecule has 2 N–H and O–H groups in total. The van der Waals surface area contributed by atoms with Crippen LogP contribution in [0.5, 0.6) is 0 Å². The molecule has 1 aliphatic rings.